The van der Waals surface area contributed by atoms with Crippen molar-refractivity contribution in [2.24, 2.45) is 16.6 Å². The molecule has 1 fully saturated rings. The summed E-state index contributed by atoms with van der Waals surface area (Å²) >= 11 is 15.9. The summed E-state index contributed by atoms with van der Waals surface area (Å²) in [5.74, 6) is 0.528. The van der Waals surface area contributed by atoms with E-state index in [9.17, 15) is 0 Å². The molecule has 2 aliphatic heterocycles. The maximum absolute atomic E-state index is 6.56. The van der Waals surface area contributed by atoms with Crippen LogP contribution in [0, 0.1) is 5.92 Å². The van der Waals surface area contributed by atoms with Crippen LogP contribution in [0.4, 0.5) is 0 Å². The zero-order valence-electron chi connectivity index (χ0n) is 9.33. The SMILES string of the molecule is NC1N=C(Br)C(Cl)=CC1(Cl)CC1CCOCC1. The Hall–Kier alpha value is 0.390. The van der Waals surface area contributed by atoms with Crippen molar-refractivity contribution in [2.45, 2.75) is 30.3 Å². The molecule has 0 bridgehead atoms. The van der Waals surface area contributed by atoms with E-state index in [0.717, 1.165) is 32.5 Å². The fourth-order valence-corrected chi connectivity index (χ4v) is 3.23. The highest BCUT2D eigenvalue weighted by Gasteiger charge is 2.38. The molecule has 0 radical (unpaired) electrons. The highest BCUT2D eigenvalue weighted by Crippen LogP contribution is 2.38. The van der Waals surface area contributed by atoms with Gasteiger partial charge in [-0.25, -0.2) is 0 Å². The summed E-state index contributed by atoms with van der Waals surface area (Å²) in [6.07, 6.45) is 4.20. The van der Waals surface area contributed by atoms with Gasteiger partial charge in [0.2, 0.25) is 0 Å². The Labute approximate surface area is 120 Å². The molecule has 2 N–H and O–H groups in total. The number of nitrogens with two attached hydrogens (primary N) is 1. The number of alkyl halides is 1. The van der Waals surface area contributed by atoms with Gasteiger partial charge in [-0.05, 0) is 47.2 Å². The lowest BCUT2D eigenvalue weighted by Gasteiger charge is -2.35. The first-order valence-corrected chi connectivity index (χ1v) is 7.20. The zero-order chi connectivity index (χ0) is 12.5. The molecule has 2 unspecified atom stereocenters. The second kappa shape index (κ2) is 5.57. The number of hydrogen-bond acceptors (Lipinski definition) is 3. The lowest BCUT2D eigenvalue weighted by atomic mass is 9.86. The van der Waals surface area contributed by atoms with Gasteiger partial charge in [-0.3, -0.25) is 4.99 Å². The summed E-state index contributed by atoms with van der Waals surface area (Å²) in [4.78, 5) is 3.56. The van der Waals surface area contributed by atoms with Crippen LogP contribution in [-0.4, -0.2) is 28.9 Å². The van der Waals surface area contributed by atoms with Crippen molar-refractivity contribution in [1.82, 2.24) is 0 Å². The van der Waals surface area contributed by atoms with E-state index in [1.807, 2.05) is 6.08 Å². The third kappa shape index (κ3) is 3.24. The van der Waals surface area contributed by atoms with Crippen molar-refractivity contribution in [3.63, 3.8) is 0 Å². The highest BCUT2D eigenvalue weighted by atomic mass is 79.9. The van der Waals surface area contributed by atoms with E-state index in [4.69, 9.17) is 33.7 Å². The molecule has 3 nitrogen and oxygen atoms in total. The van der Waals surface area contributed by atoms with Crippen molar-refractivity contribution in [3.05, 3.63) is 11.1 Å². The highest BCUT2D eigenvalue weighted by molar-refractivity contribution is 9.18. The minimum Gasteiger partial charge on any atom is -0.381 e. The van der Waals surface area contributed by atoms with Gasteiger partial charge in [-0.1, -0.05) is 11.6 Å². The monoisotopic (exact) mass is 340 g/mol. The Morgan fingerprint density at radius 3 is 2.82 bits per heavy atom. The molecular weight excluding hydrogens is 327 g/mol. The predicted molar refractivity (Wildman–Crippen MR) is 75.0 cm³/mol. The number of aliphatic imine (C=N–C) groups is 1. The van der Waals surface area contributed by atoms with Gasteiger partial charge in [0.1, 0.15) is 10.8 Å². The number of halogens is 3. The van der Waals surface area contributed by atoms with E-state index in [2.05, 4.69) is 20.9 Å². The van der Waals surface area contributed by atoms with Gasteiger partial charge in [0.15, 0.2) is 0 Å². The van der Waals surface area contributed by atoms with Crippen LogP contribution in [0.2, 0.25) is 0 Å². The fraction of sp³-hybridized carbons (Fsp3) is 0.727. The van der Waals surface area contributed by atoms with Crippen LogP contribution in [0.3, 0.4) is 0 Å². The van der Waals surface area contributed by atoms with Crippen LogP contribution < -0.4 is 5.73 Å². The Morgan fingerprint density at radius 1 is 1.53 bits per heavy atom. The Kier molecular flexibility index (Phi) is 4.53. The Bertz CT molecular complexity index is 355. The van der Waals surface area contributed by atoms with Crippen LogP contribution in [0.5, 0.6) is 0 Å². The number of allylic oxidation sites excluding steroid dienone is 1. The van der Waals surface area contributed by atoms with Gasteiger partial charge >= 0.3 is 0 Å². The molecular formula is C11H15BrCl2N2O. The minimum absolute atomic E-state index is 0.455. The summed E-state index contributed by atoms with van der Waals surface area (Å²) in [5.41, 5.74) is 6.00. The topological polar surface area (TPSA) is 47.6 Å². The molecule has 6 heteroatoms. The van der Waals surface area contributed by atoms with Crippen LogP contribution in [0.1, 0.15) is 19.3 Å². The van der Waals surface area contributed by atoms with E-state index in [-0.39, 0.29) is 0 Å². The third-order valence-electron chi connectivity index (χ3n) is 3.25. The largest absolute Gasteiger partial charge is 0.381 e. The molecule has 0 spiro atoms. The van der Waals surface area contributed by atoms with Crippen molar-refractivity contribution in [3.8, 4) is 0 Å². The number of rotatable bonds is 2. The second-order valence-electron chi connectivity index (χ2n) is 4.54. The molecule has 0 aromatic heterocycles. The summed E-state index contributed by atoms with van der Waals surface area (Å²) in [7, 11) is 0. The zero-order valence-corrected chi connectivity index (χ0v) is 12.4. The van der Waals surface area contributed by atoms with Crippen LogP contribution >= 0.6 is 39.1 Å². The van der Waals surface area contributed by atoms with Gasteiger partial charge in [-0.2, -0.15) is 0 Å². The van der Waals surface area contributed by atoms with Crippen LogP contribution in [-0.2, 0) is 4.74 Å². The normalized spacial score (nSPS) is 35.4. The fourth-order valence-electron chi connectivity index (χ4n) is 2.22. The first kappa shape index (κ1) is 13.8. The van der Waals surface area contributed by atoms with E-state index >= 15 is 0 Å². The number of ether oxygens (including phenoxy) is 1. The van der Waals surface area contributed by atoms with E-state index in [0.29, 0.717) is 15.6 Å². The van der Waals surface area contributed by atoms with Gasteiger partial charge in [0.25, 0.3) is 0 Å². The smallest absolute Gasteiger partial charge is 0.121 e. The Morgan fingerprint density at radius 2 is 2.18 bits per heavy atom. The molecule has 2 rings (SSSR count). The predicted octanol–water partition coefficient (Wildman–Crippen LogP) is 3.00. The van der Waals surface area contributed by atoms with Gasteiger partial charge < -0.3 is 10.5 Å². The van der Waals surface area contributed by atoms with E-state index < -0.39 is 11.0 Å². The second-order valence-corrected chi connectivity index (χ2v) is 6.41. The minimum atomic E-state index is -0.670. The molecule has 0 amide bonds. The summed E-state index contributed by atoms with van der Waals surface area (Å²) < 4.78 is 5.91. The first-order chi connectivity index (χ1) is 8.01. The summed E-state index contributed by atoms with van der Waals surface area (Å²) in [6.45, 7) is 1.61. The van der Waals surface area contributed by atoms with E-state index in [1.54, 1.807) is 0 Å². The van der Waals surface area contributed by atoms with Gasteiger partial charge in [0.05, 0.1) is 9.91 Å². The molecule has 2 heterocycles. The molecule has 0 aliphatic carbocycles. The molecule has 17 heavy (non-hydrogen) atoms. The molecule has 1 saturated heterocycles. The standard InChI is InChI=1S/C11H15BrCl2N2O/c12-9-8(13)6-11(14,10(15)16-9)5-7-1-3-17-4-2-7/h6-7,10H,1-5,15H2. The average molecular weight is 342 g/mol. The maximum atomic E-state index is 6.56. The first-order valence-electron chi connectivity index (χ1n) is 5.65. The van der Waals surface area contributed by atoms with Gasteiger partial charge in [-0.15, -0.1) is 11.6 Å². The summed E-state index contributed by atoms with van der Waals surface area (Å²) in [6, 6.07) is 0. The molecule has 2 aliphatic rings. The molecule has 96 valence electrons. The van der Waals surface area contributed by atoms with Crippen molar-refractivity contribution in [1.29, 1.82) is 0 Å². The van der Waals surface area contributed by atoms with Crippen molar-refractivity contribution < 1.29 is 4.74 Å². The van der Waals surface area contributed by atoms with E-state index in [1.165, 1.54) is 0 Å². The summed E-state index contributed by atoms with van der Waals surface area (Å²) in [5, 5.41) is 0.536. The number of nitrogens with zero attached hydrogens (tertiary/aromatic N) is 1. The quantitative estimate of drug-likeness (QED) is 0.785. The lowest BCUT2D eigenvalue weighted by Crippen LogP contribution is -2.45. The molecule has 0 aromatic rings. The number of hydrogen-bond donors (Lipinski definition) is 1. The van der Waals surface area contributed by atoms with Crippen LogP contribution in [0.25, 0.3) is 0 Å². The van der Waals surface area contributed by atoms with Gasteiger partial charge in [0, 0.05) is 13.2 Å². The maximum Gasteiger partial charge on any atom is 0.121 e. The van der Waals surface area contributed by atoms with Crippen molar-refractivity contribution in [2.75, 3.05) is 13.2 Å². The van der Waals surface area contributed by atoms with Crippen LogP contribution in [0.15, 0.2) is 16.1 Å². The average Bonchev–Trinajstić information content (AvgIpc) is 2.28. The third-order valence-corrected chi connectivity index (χ3v) is 4.89. The lowest BCUT2D eigenvalue weighted by molar-refractivity contribution is 0.0609. The molecule has 0 saturated carbocycles. The Balaban J connectivity index is 2.08. The molecule has 2 atom stereocenters. The molecule has 0 aromatic carbocycles. The van der Waals surface area contributed by atoms with Crippen molar-refractivity contribution >= 4 is 43.8 Å². The number of dihydropyridines is 1.